The monoisotopic (exact) mass is 275 g/mol. The van der Waals surface area contributed by atoms with E-state index in [2.05, 4.69) is 10.1 Å². The number of hydrogen-bond donors (Lipinski definition) is 4. The maximum Gasteiger partial charge on any atom is 0.404 e. The third-order valence-corrected chi connectivity index (χ3v) is 1.94. The van der Waals surface area contributed by atoms with Crippen molar-refractivity contribution in [2.45, 2.75) is 19.8 Å². The van der Waals surface area contributed by atoms with Crippen molar-refractivity contribution in [1.82, 2.24) is 10.6 Å². The molecule has 0 saturated heterocycles. The van der Waals surface area contributed by atoms with E-state index in [-0.39, 0.29) is 31.9 Å². The first-order chi connectivity index (χ1) is 8.81. The minimum Gasteiger partial charge on any atom is -0.481 e. The van der Waals surface area contributed by atoms with Gasteiger partial charge < -0.3 is 20.9 Å². The van der Waals surface area contributed by atoms with Gasteiger partial charge in [0.15, 0.2) is 0 Å². The minimum atomic E-state index is -1.01. The van der Waals surface area contributed by atoms with Crippen LogP contribution in [0, 0.1) is 5.92 Å². The summed E-state index contributed by atoms with van der Waals surface area (Å²) in [7, 11) is 0. The second-order valence-corrected chi connectivity index (χ2v) is 3.88. The van der Waals surface area contributed by atoms with Crippen LogP contribution in [0.1, 0.15) is 19.8 Å². The molecule has 1 atom stereocenters. The number of nitrogens with one attached hydrogen (secondary N) is 2. The normalized spacial score (nSPS) is 11.2. The number of carbonyl (C=O) groups excluding carboxylic acids is 3. The Labute approximate surface area is 109 Å². The summed E-state index contributed by atoms with van der Waals surface area (Å²) in [5.74, 6) is -1.96. The summed E-state index contributed by atoms with van der Waals surface area (Å²) in [5.41, 5.74) is 4.69. The highest BCUT2D eigenvalue weighted by molar-refractivity contribution is 5.94. The largest absolute Gasteiger partial charge is 0.481 e. The average molecular weight is 275 g/mol. The van der Waals surface area contributed by atoms with E-state index in [0.29, 0.717) is 0 Å². The zero-order chi connectivity index (χ0) is 14.8. The molecule has 4 amide bonds. The lowest BCUT2D eigenvalue weighted by Gasteiger charge is -2.09. The predicted octanol–water partition coefficient (Wildman–Crippen LogP) is -0.592. The number of urea groups is 1. The Hall–Kier alpha value is -2.32. The number of primary amides is 1. The van der Waals surface area contributed by atoms with E-state index in [0.717, 1.165) is 0 Å². The number of imide groups is 1. The number of nitrogens with two attached hydrogens (primary N) is 1. The number of carboxylic acids is 1. The molecule has 0 fully saturated rings. The molecule has 5 N–H and O–H groups in total. The summed E-state index contributed by atoms with van der Waals surface area (Å²) in [5, 5.41) is 12.8. The van der Waals surface area contributed by atoms with E-state index >= 15 is 0 Å². The van der Waals surface area contributed by atoms with Crippen LogP contribution in [0.3, 0.4) is 0 Å². The van der Waals surface area contributed by atoms with E-state index < -0.39 is 24.0 Å². The van der Waals surface area contributed by atoms with Crippen LogP contribution in [0.2, 0.25) is 0 Å². The molecule has 0 aliphatic heterocycles. The average Bonchev–Trinajstić information content (AvgIpc) is 2.22. The molecule has 0 saturated carbocycles. The van der Waals surface area contributed by atoms with Gasteiger partial charge in [-0.15, -0.1) is 0 Å². The molecule has 9 heteroatoms. The van der Waals surface area contributed by atoms with Crippen molar-refractivity contribution < 1.29 is 29.0 Å². The van der Waals surface area contributed by atoms with Gasteiger partial charge in [0, 0.05) is 12.8 Å². The van der Waals surface area contributed by atoms with Crippen LogP contribution in [-0.4, -0.2) is 42.3 Å². The fourth-order valence-electron chi connectivity index (χ4n) is 1.22. The van der Waals surface area contributed by atoms with Crippen molar-refractivity contribution in [2.24, 2.45) is 11.7 Å². The summed E-state index contributed by atoms with van der Waals surface area (Å²) >= 11 is 0. The quantitative estimate of drug-likeness (QED) is 0.456. The van der Waals surface area contributed by atoms with Crippen molar-refractivity contribution in [3.8, 4) is 0 Å². The molecule has 0 bridgehead atoms. The summed E-state index contributed by atoms with van der Waals surface area (Å²) < 4.78 is 4.35. The van der Waals surface area contributed by atoms with Gasteiger partial charge in [0.2, 0.25) is 5.91 Å². The van der Waals surface area contributed by atoms with E-state index in [9.17, 15) is 19.2 Å². The topological polar surface area (TPSA) is 148 Å². The number of carbonyl (C=O) groups is 4. The Morgan fingerprint density at radius 3 is 2.42 bits per heavy atom. The van der Waals surface area contributed by atoms with Crippen LogP contribution in [0.25, 0.3) is 0 Å². The zero-order valence-corrected chi connectivity index (χ0v) is 10.5. The molecule has 1 unspecified atom stereocenters. The lowest BCUT2D eigenvalue weighted by Crippen LogP contribution is -2.41. The first-order valence-corrected chi connectivity index (χ1v) is 5.53. The summed E-state index contributed by atoms with van der Waals surface area (Å²) in [4.78, 5) is 43.1. The van der Waals surface area contributed by atoms with Gasteiger partial charge >= 0.3 is 18.1 Å². The molecule has 0 rings (SSSR count). The highest BCUT2D eigenvalue weighted by atomic mass is 16.5. The fourth-order valence-corrected chi connectivity index (χ4v) is 1.22. The van der Waals surface area contributed by atoms with Gasteiger partial charge in [0.05, 0.1) is 6.54 Å². The van der Waals surface area contributed by atoms with Gasteiger partial charge in [0.1, 0.15) is 6.61 Å². The highest BCUT2D eigenvalue weighted by Gasteiger charge is 2.14. The van der Waals surface area contributed by atoms with Gasteiger partial charge in [-0.2, -0.15) is 0 Å². The van der Waals surface area contributed by atoms with E-state index in [1.165, 1.54) is 0 Å². The lowest BCUT2D eigenvalue weighted by atomic mass is 10.0. The Kier molecular flexibility index (Phi) is 7.66. The van der Waals surface area contributed by atoms with Gasteiger partial charge in [-0.25, -0.2) is 9.59 Å². The van der Waals surface area contributed by atoms with E-state index in [4.69, 9.17) is 10.8 Å². The zero-order valence-electron chi connectivity index (χ0n) is 10.5. The summed E-state index contributed by atoms with van der Waals surface area (Å²) in [6, 6.07) is -0.749. The van der Waals surface area contributed by atoms with Gasteiger partial charge in [0.25, 0.3) is 0 Å². The van der Waals surface area contributed by atoms with Crippen LogP contribution in [0.5, 0.6) is 0 Å². The van der Waals surface area contributed by atoms with Crippen molar-refractivity contribution in [1.29, 1.82) is 0 Å². The lowest BCUT2D eigenvalue weighted by molar-refractivity contribution is -0.138. The summed E-state index contributed by atoms with van der Waals surface area (Å²) in [6.45, 7) is 1.49. The molecule has 0 aromatic rings. The number of carboxylic acid groups (broad SMARTS) is 1. The van der Waals surface area contributed by atoms with Crippen molar-refractivity contribution in [3.63, 3.8) is 0 Å². The first kappa shape index (κ1) is 16.7. The maximum atomic E-state index is 11.3. The van der Waals surface area contributed by atoms with Crippen LogP contribution in [0.15, 0.2) is 0 Å². The van der Waals surface area contributed by atoms with E-state index in [1.54, 1.807) is 6.92 Å². The highest BCUT2D eigenvalue weighted by Crippen LogP contribution is 2.06. The fraction of sp³-hybridized carbons (Fsp3) is 0.600. The maximum absolute atomic E-state index is 11.3. The number of ether oxygens (including phenoxy) is 1. The SMILES string of the molecule is CC(CC(=O)O)CC(=O)NC(=O)NCCOC(N)=O. The van der Waals surface area contributed by atoms with Crippen LogP contribution in [0.4, 0.5) is 9.59 Å². The van der Waals surface area contributed by atoms with Crippen LogP contribution in [-0.2, 0) is 14.3 Å². The van der Waals surface area contributed by atoms with Gasteiger partial charge in [-0.3, -0.25) is 14.9 Å². The first-order valence-electron chi connectivity index (χ1n) is 5.53. The molecule has 9 nitrogen and oxygen atoms in total. The molecular weight excluding hydrogens is 258 g/mol. The third-order valence-electron chi connectivity index (χ3n) is 1.94. The molecule has 19 heavy (non-hydrogen) atoms. The van der Waals surface area contributed by atoms with E-state index in [1.807, 2.05) is 5.32 Å². The molecule has 0 spiro atoms. The minimum absolute atomic E-state index is 0.00668. The Bertz CT molecular complexity index is 357. The molecule has 108 valence electrons. The van der Waals surface area contributed by atoms with Crippen LogP contribution < -0.4 is 16.4 Å². The Balaban J connectivity index is 3.77. The smallest absolute Gasteiger partial charge is 0.404 e. The number of aliphatic carboxylic acids is 1. The molecule has 0 radical (unpaired) electrons. The second kappa shape index (κ2) is 8.72. The van der Waals surface area contributed by atoms with Crippen molar-refractivity contribution in [3.05, 3.63) is 0 Å². The van der Waals surface area contributed by atoms with Crippen molar-refractivity contribution in [2.75, 3.05) is 13.2 Å². The number of rotatable bonds is 7. The Morgan fingerprint density at radius 1 is 1.26 bits per heavy atom. The van der Waals surface area contributed by atoms with Gasteiger partial charge in [-0.05, 0) is 5.92 Å². The Morgan fingerprint density at radius 2 is 1.89 bits per heavy atom. The molecule has 0 aliphatic carbocycles. The standard InChI is InChI=1S/C10H17N3O6/c1-6(5-8(15)16)4-7(14)13-10(18)12-2-3-19-9(11)17/h6H,2-5H2,1H3,(H2,11,17)(H,15,16)(H2,12,13,14,18). The van der Waals surface area contributed by atoms with Crippen molar-refractivity contribution >= 4 is 24.0 Å². The van der Waals surface area contributed by atoms with Crippen LogP contribution >= 0.6 is 0 Å². The predicted molar refractivity (Wildman–Crippen MR) is 63.1 cm³/mol. The third kappa shape index (κ3) is 10.5. The molecule has 0 aromatic heterocycles. The summed E-state index contributed by atoms with van der Waals surface area (Å²) in [6.07, 6.45) is -1.18. The number of hydrogen-bond acceptors (Lipinski definition) is 5. The molecular formula is C10H17N3O6. The molecule has 0 aromatic carbocycles. The van der Waals surface area contributed by atoms with Gasteiger partial charge in [-0.1, -0.05) is 6.92 Å². The second-order valence-electron chi connectivity index (χ2n) is 3.88. The number of amides is 4. The molecule has 0 aliphatic rings. The molecule has 0 heterocycles.